The van der Waals surface area contributed by atoms with E-state index in [-0.39, 0.29) is 17.9 Å². The van der Waals surface area contributed by atoms with Crippen LogP contribution in [0.1, 0.15) is 33.1 Å². The molecule has 0 aliphatic carbocycles. The normalized spacial score (nSPS) is 13.1. The lowest BCUT2D eigenvalue weighted by molar-refractivity contribution is -0.138. The molecule has 6 nitrogen and oxygen atoms in total. The van der Waals surface area contributed by atoms with Gasteiger partial charge in [0.25, 0.3) is 0 Å². The molecule has 0 heterocycles. The quantitative estimate of drug-likeness (QED) is 0.198. The van der Waals surface area contributed by atoms with Crippen molar-refractivity contribution in [3.63, 3.8) is 0 Å². The maximum Gasteiger partial charge on any atom is 0.315 e. The average Bonchev–Trinajstić information content (AvgIpc) is 2.69. The molecule has 0 aliphatic heterocycles. The number of rotatable bonds is 16. The van der Waals surface area contributed by atoms with Gasteiger partial charge in [0.15, 0.2) is 0 Å². The Bertz CT molecular complexity index is 459. The molecule has 0 N–H and O–H groups in total. The number of ether oxygens (including phenoxy) is 3. The van der Waals surface area contributed by atoms with E-state index in [0.29, 0.717) is 34.3 Å². The summed E-state index contributed by atoms with van der Waals surface area (Å²) in [7, 11) is 4.20. The van der Waals surface area contributed by atoms with Gasteiger partial charge in [-0.15, -0.1) is 23.5 Å². The minimum Gasteiger partial charge on any atom is -0.468 e. The first-order chi connectivity index (χ1) is 13.3. The predicted molar refractivity (Wildman–Crippen MR) is 119 cm³/mol. The number of carbonyl (C=O) groups is 3. The molecule has 0 saturated carbocycles. The fraction of sp³-hybridized carbons (Fsp3) is 0.842. The number of hydrogen-bond donors (Lipinski definition) is 0. The minimum atomic E-state index is -0.211. The van der Waals surface area contributed by atoms with Gasteiger partial charge in [0.05, 0.1) is 38.6 Å². The zero-order chi connectivity index (χ0) is 21.4. The summed E-state index contributed by atoms with van der Waals surface area (Å²) in [4.78, 5) is 34.0. The number of hydrogen-bond acceptors (Lipinski definition) is 9. The lowest BCUT2D eigenvalue weighted by Gasteiger charge is -2.23. The molecule has 9 heteroatoms. The maximum atomic E-state index is 11.4. The van der Waals surface area contributed by atoms with Crippen molar-refractivity contribution in [3.05, 3.63) is 0 Å². The molecule has 0 radical (unpaired) electrons. The summed E-state index contributed by atoms with van der Waals surface area (Å²) in [6.07, 6.45) is 3.00. The van der Waals surface area contributed by atoms with Crippen LogP contribution in [0.3, 0.4) is 0 Å². The van der Waals surface area contributed by atoms with Crippen molar-refractivity contribution in [1.82, 2.24) is 0 Å². The molecule has 164 valence electrons. The zero-order valence-electron chi connectivity index (χ0n) is 17.6. The molecule has 0 aromatic rings. The molecular formula is C19H34O6S3. The second kappa shape index (κ2) is 17.3. The molecule has 0 aromatic heterocycles. The smallest absolute Gasteiger partial charge is 0.315 e. The minimum absolute atomic E-state index is 0.194. The van der Waals surface area contributed by atoms with Crippen molar-refractivity contribution >= 4 is 53.2 Å². The molecule has 0 aliphatic rings. The number of esters is 3. The Morgan fingerprint density at radius 3 is 1.82 bits per heavy atom. The van der Waals surface area contributed by atoms with Crippen LogP contribution in [0.2, 0.25) is 0 Å². The highest BCUT2D eigenvalue weighted by molar-refractivity contribution is 8.00. The third-order valence-electron chi connectivity index (χ3n) is 4.17. The molecule has 0 spiro atoms. The van der Waals surface area contributed by atoms with E-state index in [0.717, 1.165) is 30.8 Å². The second-order valence-electron chi connectivity index (χ2n) is 6.62. The largest absolute Gasteiger partial charge is 0.468 e. The van der Waals surface area contributed by atoms with Crippen molar-refractivity contribution in [2.45, 2.75) is 38.4 Å². The summed E-state index contributed by atoms with van der Waals surface area (Å²) in [5.41, 5.74) is 0. The van der Waals surface area contributed by atoms with Gasteiger partial charge < -0.3 is 14.2 Å². The van der Waals surface area contributed by atoms with Gasteiger partial charge in [0.2, 0.25) is 0 Å². The first-order valence-corrected chi connectivity index (χ1v) is 12.7. The third-order valence-corrected chi connectivity index (χ3v) is 7.89. The molecule has 2 atom stereocenters. The first kappa shape index (κ1) is 27.5. The van der Waals surface area contributed by atoms with Gasteiger partial charge in [-0.3, -0.25) is 14.4 Å². The lowest BCUT2D eigenvalue weighted by Crippen LogP contribution is -2.18. The summed E-state index contributed by atoms with van der Waals surface area (Å²) < 4.78 is 14.1. The molecule has 0 aromatic carbocycles. The average molecular weight is 455 g/mol. The van der Waals surface area contributed by atoms with E-state index in [1.807, 2.05) is 0 Å². The predicted octanol–water partition coefficient (Wildman–Crippen LogP) is 3.52. The summed E-state index contributed by atoms with van der Waals surface area (Å²) in [6.45, 7) is 4.34. The van der Waals surface area contributed by atoms with Crippen molar-refractivity contribution in [3.8, 4) is 0 Å². The van der Waals surface area contributed by atoms with Crippen LogP contribution in [-0.4, -0.2) is 73.3 Å². The van der Waals surface area contributed by atoms with Gasteiger partial charge in [0.1, 0.15) is 0 Å². The molecule has 0 amide bonds. The zero-order valence-corrected chi connectivity index (χ0v) is 20.0. The van der Waals surface area contributed by atoms with Crippen LogP contribution in [0, 0.1) is 11.8 Å². The summed E-state index contributed by atoms with van der Waals surface area (Å²) >= 11 is 4.81. The van der Waals surface area contributed by atoms with Gasteiger partial charge in [-0.2, -0.15) is 11.8 Å². The Labute approximate surface area is 182 Å². The van der Waals surface area contributed by atoms with Crippen LogP contribution in [0.25, 0.3) is 0 Å². The van der Waals surface area contributed by atoms with E-state index < -0.39 is 0 Å². The highest BCUT2D eigenvalue weighted by atomic mass is 32.2. The van der Waals surface area contributed by atoms with Gasteiger partial charge in [-0.25, -0.2) is 0 Å². The Morgan fingerprint density at radius 2 is 1.29 bits per heavy atom. The second-order valence-corrected chi connectivity index (χ2v) is 9.98. The van der Waals surface area contributed by atoms with Crippen LogP contribution in [0.4, 0.5) is 0 Å². The summed E-state index contributed by atoms with van der Waals surface area (Å²) in [5, 5.41) is 0.384. The highest BCUT2D eigenvalue weighted by Gasteiger charge is 2.19. The van der Waals surface area contributed by atoms with E-state index in [2.05, 4.69) is 18.6 Å². The van der Waals surface area contributed by atoms with Gasteiger partial charge in [0, 0.05) is 5.25 Å². The monoisotopic (exact) mass is 454 g/mol. The number of methoxy groups -OCH3 is 3. The molecule has 28 heavy (non-hydrogen) atoms. The van der Waals surface area contributed by atoms with E-state index in [1.165, 1.54) is 21.3 Å². The number of thioether (sulfide) groups is 3. The van der Waals surface area contributed by atoms with E-state index in [9.17, 15) is 14.4 Å². The summed E-state index contributed by atoms with van der Waals surface area (Å²) in [5.74, 6) is 3.14. The SMILES string of the molecule is COC(=O)CSCCC(CCC(SCC(=O)OC)C(C)C)CSCC(=O)OC. The molecule has 0 fully saturated rings. The fourth-order valence-corrected chi connectivity index (χ4v) is 5.54. The Balaban J connectivity index is 4.52. The topological polar surface area (TPSA) is 78.9 Å². The van der Waals surface area contributed by atoms with Crippen LogP contribution in [-0.2, 0) is 28.6 Å². The van der Waals surface area contributed by atoms with Crippen molar-refractivity contribution < 1.29 is 28.6 Å². The van der Waals surface area contributed by atoms with Crippen LogP contribution in [0.5, 0.6) is 0 Å². The molecular weight excluding hydrogens is 420 g/mol. The van der Waals surface area contributed by atoms with Crippen molar-refractivity contribution in [2.75, 3.05) is 50.1 Å². The Hall–Kier alpha value is -0.540. The molecule has 0 rings (SSSR count). The standard InChI is InChI=1S/C19H34O6S3/c1-14(2)16(28-13-19(22)25-5)7-6-15(10-27-12-18(21)24-4)8-9-26-11-17(20)23-3/h14-16H,6-13H2,1-5H3. The third kappa shape index (κ3) is 14.5. The highest BCUT2D eigenvalue weighted by Crippen LogP contribution is 2.29. The van der Waals surface area contributed by atoms with Gasteiger partial charge in [-0.05, 0) is 42.6 Å². The van der Waals surface area contributed by atoms with E-state index >= 15 is 0 Å². The van der Waals surface area contributed by atoms with Crippen LogP contribution in [0.15, 0.2) is 0 Å². The number of carbonyl (C=O) groups excluding carboxylic acids is 3. The lowest BCUT2D eigenvalue weighted by atomic mass is 9.97. The van der Waals surface area contributed by atoms with E-state index in [1.54, 1.807) is 35.3 Å². The van der Waals surface area contributed by atoms with Gasteiger partial charge >= 0.3 is 17.9 Å². The molecule has 0 bridgehead atoms. The van der Waals surface area contributed by atoms with Crippen molar-refractivity contribution in [1.29, 1.82) is 0 Å². The van der Waals surface area contributed by atoms with E-state index in [4.69, 9.17) is 9.47 Å². The Morgan fingerprint density at radius 1 is 0.750 bits per heavy atom. The summed E-state index contributed by atoms with van der Waals surface area (Å²) in [6, 6.07) is 0. The fourth-order valence-electron chi connectivity index (χ4n) is 2.39. The molecule has 0 saturated heterocycles. The molecule has 2 unspecified atom stereocenters. The maximum absolute atomic E-state index is 11.4. The van der Waals surface area contributed by atoms with Crippen LogP contribution >= 0.6 is 35.3 Å². The van der Waals surface area contributed by atoms with Crippen molar-refractivity contribution in [2.24, 2.45) is 11.8 Å². The Kier molecular flexibility index (Phi) is 17.0. The van der Waals surface area contributed by atoms with Crippen LogP contribution < -0.4 is 0 Å². The first-order valence-electron chi connectivity index (χ1n) is 9.31. The van der Waals surface area contributed by atoms with Gasteiger partial charge in [-0.1, -0.05) is 13.8 Å².